The van der Waals surface area contributed by atoms with Crippen LogP contribution in [0.15, 0.2) is 41.6 Å². The van der Waals surface area contributed by atoms with Crippen molar-refractivity contribution in [3.8, 4) is 0 Å². The average Bonchev–Trinajstić information content (AvgIpc) is 3.27. The van der Waals surface area contributed by atoms with E-state index in [2.05, 4.69) is 16.6 Å². The van der Waals surface area contributed by atoms with E-state index < -0.39 is 11.6 Å². The zero-order valence-corrected chi connectivity index (χ0v) is 23.0. The van der Waals surface area contributed by atoms with Crippen LogP contribution in [0.3, 0.4) is 0 Å². The summed E-state index contributed by atoms with van der Waals surface area (Å²) in [6.07, 6.45) is 9.77. The number of oxime groups is 1. The highest BCUT2D eigenvalue weighted by Gasteiger charge is 2.37. The lowest BCUT2D eigenvalue weighted by molar-refractivity contribution is -0.140. The smallest absolute Gasteiger partial charge is 0.331 e. The number of benzene rings is 2. The third-order valence-electron chi connectivity index (χ3n) is 8.56. The van der Waals surface area contributed by atoms with Crippen LogP contribution < -0.4 is 0 Å². The molecule has 39 heavy (non-hydrogen) atoms. The van der Waals surface area contributed by atoms with Crippen LogP contribution in [0.25, 0.3) is 21.8 Å². The molecule has 0 spiro atoms. The number of nitrogens with zero attached hydrogens (tertiary/aromatic N) is 2. The first kappa shape index (κ1) is 27.3. The Kier molecular flexibility index (Phi) is 7.98. The Morgan fingerprint density at radius 2 is 1.51 bits per heavy atom. The summed E-state index contributed by atoms with van der Waals surface area (Å²) < 4.78 is 2.17. The molecule has 206 valence electrons. The molecule has 1 aromatic heterocycles. The number of ketones is 2. The van der Waals surface area contributed by atoms with Crippen LogP contribution >= 0.6 is 0 Å². The Hall–Kier alpha value is -3.32. The molecule has 7 heteroatoms. The van der Waals surface area contributed by atoms with Gasteiger partial charge in [-0.25, -0.2) is 4.79 Å². The molecular formula is C32H38N2O5. The lowest BCUT2D eigenvalue weighted by Gasteiger charge is -2.30. The molecule has 3 aromatic rings. The second-order valence-electron chi connectivity index (χ2n) is 11.3. The average molecular weight is 531 g/mol. The van der Waals surface area contributed by atoms with Gasteiger partial charge in [-0.15, -0.1) is 0 Å². The number of aliphatic hydroxyl groups is 1. The van der Waals surface area contributed by atoms with Crippen LogP contribution in [0.1, 0.15) is 105 Å². The van der Waals surface area contributed by atoms with Crippen molar-refractivity contribution in [3.05, 3.63) is 47.5 Å². The van der Waals surface area contributed by atoms with Gasteiger partial charge in [0, 0.05) is 46.4 Å². The van der Waals surface area contributed by atoms with Gasteiger partial charge in [0.15, 0.2) is 5.78 Å². The predicted octanol–water partition coefficient (Wildman–Crippen LogP) is 6.76. The van der Waals surface area contributed by atoms with E-state index in [1.54, 1.807) is 6.07 Å². The van der Waals surface area contributed by atoms with E-state index in [-0.39, 0.29) is 17.3 Å². The molecule has 0 bridgehead atoms. The molecule has 0 radical (unpaired) electrons. The van der Waals surface area contributed by atoms with Crippen molar-refractivity contribution >= 4 is 45.1 Å². The van der Waals surface area contributed by atoms with Crippen LogP contribution in [0.5, 0.6) is 0 Å². The van der Waals surface area contributed by atoms with Crippen molar-refractivity contribution in [2.75, 3.05) is 0 Å². The predicted molar refractivity (Wildman–Crippen MR) is 152 cm³/mol. The van der Waals surface area contributed by atoms with Crippen LogP contribution in [-0.2, 0) is 16.2 Å². The van der Waals surface area contributed by atoms with Gasteiger partial charge in [-0.3, -0.25) is 9.59 Å². The zero-order chi connectivity index (χ0) is 27.6. The number of aromatic nitrogens is 1. The van der Waals surface area contributed by atoms with Crippen LogP contribution in [0.2, 0.25) is 0 Å². The summed E-state index contributed by atoms with van der Waals surface area (Å²) in [5.74, 6) is -0.675. The Morgan fingerprint density at radius 3 is 2.13 bits per heavy atom. The number of carbonyl (C=O) groups is 3. The monoisotopic (exact) mass is 530 g/mol. The zero-order valence-electron chi connectivity index (χ0n) is 23.0. The van der Waals surface area contributed by atoms with Crippen LogP contribution in [0.4, 0.5) is 0 Å². The molecule has 1 N–H and O–H groups in total. The first-order chi connectivity index (χ1) is 18.8. The maximum atomic E-state index is 13.7. The largest absolute Gasteiger partial charge is 0.382 e. The SMILES string of the molecule is CCn1c2ccc(C(=O)/C(CC3CCCCC3)=N/OC(C)=O)cc2c2cc(C(=O)C3(O)CCCCC3)ccc21. The summed E-state index contributed by atoms with van der Waals surface area (Å²) in [5, 5.41) is 16.8. The van der Waals surface area contributed by atoms with E-state index in [4.69, 9.17) is 4.84 Å². The van der Waals surface area contributed by atoms with E-state index in [1.807, 2.05) is 30.3 Å². The Balaban J connectivity index is 1.54. The summed E-state index contributed by atoms with van der Waals surface area (Å²) in [7, 11) is 0. The van der Waals surface area contributed by atoms with Gasteiger partial charge in [0.25, 0.3) is 0 Å². The maximum absolute atomic E-state index is 13.7. The lowest BCUT2D eigenvalue weighted by Crippen LogP contribution is -2.40. The molecule has 1 heterocycles. The number of hydrogen-bond donors (Lipinski definition) is 1. The fourth-order valence-electron chi connectivity index (χ4n) is 6.48. The molecule has 7 nitrogen and oxygen atoms in total. The molecule has 2 aliphatic rings. The molecule has 2 saturated carbocycles. The molecule has 2 aliphatic carbocycles. The third kappa shape index (κ3) is 5.55. The molecule has 0 saturated heterocycles. The fourth-order valence-corrected chi connectivity index (χ4v) is 6.48. The second kappa shape index (κ2) is 11.4. The Labute approximate surface area is 229 Å². The first-order valence-corrected chi connectivity index (χ1v) is 14.4. The quantitative estimate of drug-likeness (QED) is 0.150. The van der Waals surface area contributed by atoms with Crippen LogP contribution in [0, 0.1) is 5.92 Å². The number of aryl methyl sites for hydroxylation is 1. The molecule has 2 fully saturated rings. The number of Topliss-reactive ketones (excluding diaryl/α,β-unsaturated/α-hetero) is 2. The van der Waals surface area contributed by atoms with Gasteiger partial charge in [0.05, 0.1) is 0 Å². The molecule has 2 aromatic carbocycles. The highest BCUT2D eigenvalue weighted by atomic mass is 16.7. The number of fused-ring (bicyclic) bond motifs is 3. The highest BCUT2D eigenvalue weighted by Crippen LogP contribution is 2.35. The summed E-state index contributed by atoms with van der Waals surface area (Å²) in [6, 6.07) is 11.2. The number of hydrogen-bond acceptors (Lipinski definition) is 6. The van der Waals surface area contributed by atoms with Crippen molar-refractivity contribution < 1.29 is 24.3 Å². The van der Waals surface area contributed by atoms with E-state index in [9.17, 15) is 19.5 Å². The minimum atomic E-state index is -1.31. The minimum absolute atomic E-state index is 0.225. The van der Waals surface area contributed by atoms with Gasteiger partial charge < -0.3 is 14.5 Å². The standard InChI is InChI=1S/C32H38N2O5/c1-3-34-28-14-12-23(30(36)27(33-39-21(2)35)18-22-10-6-4-7-11-22)19-25(28)26-20-24(13-15-29(26)34)31(37)32(38)16-8-5-9-17-32/h12-15,19-20,22,38H,3-11,16-18H2,1-2H3/b33-27+. The van der Waals surface area contributed by atoms with E-state index in [1.165, 1.54) is 13.3 Å². The normalized spacial score (nSPS) is 18.4. The Bertz CT molecular complexity index is 1440. The van der Waals surface area contributed by atoms with Crippen LogP contribution in [-0.4, -0.2) is 38.5 Å². The van der Waals surface area contributed by atoms with Gasteiger partial charge in [-0.2, -0.15) is 0 Å². The van der Waals surface area contributed by atoms with Gasteiger partial charge in [0.2, 0.25) is 5.78 Å². The van der Waals surface area contributed by atoms with Crippen molar-refractivity contribution in [2.45, 2.75) is 96.6 Å². The van der Waals surface area contributed by atoms with Gasteiger partial charge in [-0.1, -0.05) is 56.5 Å². The minimum Gasteiger partial charge on any atom is -0.382 e. The fraction of sp³-hybridized carbons (Fsp3) is 0.500. The molecular weight excluding hydrogens is 492 g/mol. The number of carbonyl (C=O) groups excluding carboxylic acids is 3. The van der Waals surface area contributed by atoms with Gasteiger partial charge in [0.1, 0.15) is 11.3 Å². The summed E-state index contributed by atoms with van der Waals surface area (Å²) in [6.45, 7) is 4.07. The first-order valence-electron chi connectivity index (χ1n) is 14.4. The van der Waals surface area contributed by atoms with Gasteiger partial charge in [-0.05, 0) is 68.5 Å². The van der Waals surface area contributed by atoms with E-state index in [0.29, 0.717) is 36.3 Å². The molecule has 0 amide bonds. The third-order valence-corrected chi connectivity index (χ3v) is 8.56. The van der Waals surface area contributed by atoms with E-state index >= 15 is 0 Å². The highest BCUT2D eigenvalue weighted by molar-refractivity contribution is 6.46. The van der Waals surface area contributed by atoms with E-state index in [0.717, 1.165) is 73.3 Å². The second-order valence-corrected chi connectivity index (χ2v) is 11.3. The van der Waals surface area contributed by atoms with Crippen molar-refractivity contribution in [1.29, 1.82) is 0 Å². The molecule has 5 rings (SSSR count). The number of rotatable bonds is 8. The topological polar surface area (TPSA) is 98.0 Å². The molecule has 0 unspecified atom stereocenters. The maximum Gasteiger partial charge on any atom is 0.331 e. The Morgan fingerprint density at radius 1 is 0.923 bits per heavy atom. The summed E-state index contributed by atoms with van der Waals surface area (Å²) in [5.41, 5.74) is 1.87. The van der Waals surface area contributed by atoms with Crippen molar-refractivity contribution in [1.82, 2.24) is 4.57 Å². The van der Waals surface area contributed by atoms with Crippen molar-refractivity contribution in [3.63, 3.8) is 0 Å². The summed E-state index contributed by atoms with van der Waals surface area (Å²) in [4.78, 5) is 43.5. The molecule has 0 atom stereocenters. The van der Waals surface area contributed by atoms with Gasteiger partial charge >= 0.3 is 5.97 Å². The summed E-state index contributed by atoms with van der Waals surface area (Å²) >= 11 is 0. The van der Waals surface area contributed by atoms with Crippen molar-refractivity contribution in [2.24, 2.45) is 11.1 Å². The lowest BCUT2D eigenvalue weighted by atomic mass is 9.79. The molecule has 0 aliphatic heterocycles.